The number of anilines is 1. The van der Waals surface area contributed by atoms with Gasteiger partial charge in [0.2, 0.25) is 11.5 Å². The molecule has 3 rings (SSSR count). The van der Waals surface area contributed by atoms with Crippen LogP contribution in [0.25, 0.3) is 0 Å². The summed E-state index contributed by atoms with van der Waals surface area (Å²) in [4.78, 5) is 52.8. The Kier molecular flexibility index (Phi) is 11.3. The number of hydrogen-bond donors (Lipinski definition) is 6. The molecule has 0 bridgehead atoms. The van der Waals surface area contributed by atoms with Crippen molar-refractivity contribution in [1.82, 2.24) is 5.32 Å². The molecule has 1 amide bonds. The Balaban J connectivity index is 1.53. The van der Waals surface area contributed by atoms with E-state index in [4.69, 9.17) is 38.1 Å². The third kappa shape index (κ3) is 9.71. The number of carboxylic acid groups (broad SMARTS) is 1. The number of carbonyl (C=O) groups excluding carboxylic acids is 3. The van der Waals surface area contributed by atoms with E-state index in [1.54, 1.807) is 42.5 Å². The number of aliphatic carboxylic acids is 1. The smallest absolute Gasteiger partial charge is 0.368 e. The first-order chi connectivity index (χ1) is 20.8. The number of amides is 1. The van der Waals surface area contributed by atoms with Gasteiger partial charge in [-0.3, -0.25) is 10.2 Å². The molecule has 3 aromatic rings. The summed E-state index contributed by atoms with van der Waals surface area (Å²) in [5.41, 5.74) is 5.98. The van der Waals surface area contributed by atoms with Gasteiger partial charge in [-0.05, 0) is 79.9 Å². The lowest BCUT2D eigenvalue weighted by Gasteiger charge is -2.23. The highest BCUT2D eigenvalue weighted by molar-refractivity contribution is 6.31. The van der Waals surface area contributed by atoms with Gasteiger partial charge in [-0.1, -0.05) is 29.8 Å². The molecule has 0 saturated carbocycles. The minimum absolute atomic E-state index is 0.00632. The van der Waals surface area contributed by atoms with E-state index in [0.29, 0.717) is 22.6 Å². The summed E-state index contributed by atoms with van der Waals surface area (Å²) in [6, 6.07) is 16.0. The molecule has 0 aliphatic heterocycles. The summed E-state index contributed by atoms with van der Waals surface area (Å²) >= 11 is 6.35. The maximum atomic E-state index is 12.6. The van der Waals surface area contributed by atoms with Gasteiger partial charge in [0.15, 0.2) is 5.96 Å². The molecular weight excluding hydrogens is 594 g/mol. The number of ether oxygens (including phenoxy) is 2. The first kappa shape index (κ1) is 33.4. The van der Waals surface area contributed by atoms with Gasteiger partial charge in [-0.25, -0.2) is 14.4 Å². The lowest BCUT2D eigenvalue weighted by molar-refractivity contribution is -0.159. The molecule has 44 heavy (non-hydrogen) atoms. The normalized spacial score (nSPS) is 11.5. The number of rotatable bonds is 13. The molecule has 0 heterocycles. The molecule has 14 heteroatoms. The van der Waals surface area contributed by atoms with Crippen molar-refractivity contribution < 1.29 is 38.6 Å². The molecule has 0 spiro atoms. The Morgan fingerprint density at radius 2 is 1.64 bits per heavy atom. The van der Waals surface area contributed by atoms with Crippen LogP contribution in [0.15, 0.2) is 66.7 Å². The Morgan fingerprint density at radius 1 is 1.00 bits per heavy atom. The van der Waals surface area contributed by atoms with Gasteiger partial charge >= 0.3 is 17.9 Å². The molecule has 232 valence electrons. The summed E-state index contributed by atoms with van der Waals surface area (Å²) in [5.74, 6) is 2.14. The highest BCUT2D eigenvalue weighted by Gasteiger charge is 2.31. The second-order valence-electron chi connectivity index (χ2n) is 10.1. The van der Waals surface area contributed by atoms with E-state index in [-0.39, 0.29) is 41.6 Å². The number of carboxylic acids is 1. The van der Waals surface area contributed by atoms with E-state index < -0.39 is 35.5 Å². The minimum Gasteiger partial charge on any atom is -0.480 e. The number of hydrogen-bond acceptors (Lipinski definition) is 9. The first-order valence-electron chi connectivity index (χ1n) is 13.2. The topological polar surface area (TPSA) is 216 Å². The number of benzene rings is 3. The van der Waals surface area contributed by atoms with Gasteiger partial charge in [0.05, 0.1) is 5.56 Å². The van der Waals surface area contributed by atoms with E-state index in [0.717, 1.165) is 0 Å². The maximum Gasteiger partial charge on any atom is 0.368 e. The predicted octanol–water partition coefficient (Wildman–Crippen LogP) is 3.18. The fraction of sp³-hybridized carbons (Fsp3) is 0.233. The van der Waals surface area contributed by atoms with Crippen molar-refractivity contribution in [2.24, 2.45) is 11.6 Å². The molecule has 0 aliphatic carbocycles. The standard InChI is InChI=1S/C30H32ClN5O8/c1-30(2,28(41)44-34)43-21-11-3-17(4-12-21)15-24(26(38)39)36-25(37)14-8-18-7-13-22(16-23(18)31)42-27(40)19-5-9-20(10-6-19)35-29(32)33/h3-7,9-13,16,24H,8,14-15,34H2,1-2H3,(H,36,37)(H,38,39)(H4,32,33,35)/t24-/m0/s1. The maximum absolute atomic E-state index is 12.6. The summed E-state index contributed by atoms with van der Waals surface area (Å²) in [6.45, 7) is 2.97. The third-order valence-electron chi connectivity index (χ3n) is 6.22. The molecule has 0 radical (unpaired) electrons. The monoisotopic (exact) mass is 625 g/mol. The molecule has 0 unspecified atom stereocenters. The van der Waals surface area contributed by atoms with Crippen LogP contribution in [-0.4, -0.2) is 46.5 Å². The fourth-order valence-corrected chi connectivity index (χ4v) is 4.19. The van der Waals surface area contributed by atoms with Crippen LogP contribution >= 0.6 is 11.6 Å². The van der Waals surface area contributed by atoms with Crippen molar-refractivity contribution in [2.75, 3.05) is 5.32 Å². The van der Waals surface area contributed by atoms with Crippen molar-refractivity contribution in [3.05, 3.63) is 88.4 Å². The highest BCUT2D eigenvalue weighted by Crippen LogP contribution is 2.25. The molecular formula is C30H32ClN5O8. The third-order valence-corrected chi connectivity index (χ3v) is 6.58. The number of aryl methyl sites for hydroxylation is 1. The largest absolute Gasteiger partial charge is 0.480 e. The second-order valence-corrected chi connectivity index (χ2v) is 10.5. The predicted molar refractivity (Wildman–Crippen MR) is 161 cm³/mol. The van der Waals surface area contributed by atoms with E-state index in [9.17, 15) is 24.3 Å². The zero-order valence-corrected chi connectivity index (χ0v) is 24.6. The van der Waals surface area contributed by atoms with Crippen molar-refractivity contribution >= 4 is 47.1 Å². The molecule has 0 fully saturated rings. The number of nitrogens with two attached hydrogens (primary N) is 2. The van der Waals surface area contributed by atoms with Crippen molar-refractivity contribution in [2.45, 2.75) is 44.8 Å². The zero-order valence-electron chi connectivity index (χ0n) is 23.9. The van der Waals surface area contributed by atoms with Crippen molar-refractivity contribution in [3.63, 3.8) is 0 Å². The Labute approximate surface area is 257 Å². The fourth-order valence-electron chi connectivity index (χ4n) is 3.93. The molecule has 0 saturated heterocycles. The Hall–Kier alpha value is -5.14. The van der Waals surface area contributed by atoms with Crippen LogP contribution in [0.2, 0.25) is 5.02 Å². The number of nitrogens with one attached hydrogen (secondary N) is 3. The van der Waals surface area contributed by atoms with E-state index >= 15 is 0 Å². The Morgan fingerprint density at radius 3 is 2.20 bits per heavy atom. The number of esters is 1. The van der Waals surface area contributed by atoms with Gasteiger partial charge in [0, 0.05) is 23.6 Å². The number of halogens is 1. The number of carbonyl (C=O) groups is 4. The molecule has 1 atom stereocenters. The van der Waals surface area contributed by atoms with E-state index in [1.807, 2.05) is 0 Å². The quantitative estimate of drug-likeness (QED) is 0.0533. The van der Waals surface area contributed by atoms with Gasteiger partial charge in [0.25, 0.3) is 0 Å². The van der Waals surface area contributed by atoms with Crippen LogP contribution in [0.1, 0.15) is 41.8 Å². The van der Waals surface area contributed by atoms with Crippen molar-refractivity contribution in [3.8, 4) is 11.5 Å². The van der Waals surface area contributed by atoms with Crippen molar-refractivity contribution in [1.29, 1.82) is 5.41 Å². The molecule has 13 nitrogen and oxygen atoms in total. The zero-order chi connectivity index (χ0) is 32.4. The Bertz CT molecular complexity index is 1530. The molecule has 0 aromatic heterocycles. The van der Waals surface area contributed by atoms with Crippen LogP contribution in [0.3, 0.4) is 0 Å². The SMILES string of the molecule is CC(C)(Oc1ccc(C[C@H](NC(=O)CCc2ccc(OC(=O)c3ccc(NC(=N)N)cc3)cc2Cl)C(=O)O)cc1)C(=O)ON. The minimum atomic E-state index is -1.33. The van der Waals surface area contributed by atoms with Crippen LogP contribution in [0.4, 0.5) is 5.69 Å². The summed E-state index contributed by atoms with van der Waals surface area (Å²) < 4.78 is 11.0. The number of guanidine groups is 1. The van der Waals surface area contributed by atoms with E-state index in [2.05, 4.69) is 15.5 Å². The molecule has 0 aliphatic rings. The van der Waals surface area contributed by atoms with Gasteiger partial charge < -0.3 is 35.8 Å². The second kappa shape index (κ2) is 14.8. The van der Waals surface area contributed by atoms with Crippen LogP contribution < -0.4 is 31.7 Å². The average Bonchev–Trinajstić information content (AvgIpc) is 2.96. The van der Waals surface area contributed by atoms with Crippen LogP contribution in [-0.2, 0) is 32.1 Å². The average molecular weight is 626 g/mol. The highest BCUT2D eigenvalue weighted by atomic mass is 35.5. The van der Waals surface area contributed by atoms with Crippen LogP contribution in [0.5, 0.6) is 11.5 Å². The van der Waals surface area contributed by atoms with Gasteiger partial charge in [0.1, 0.15) is 17.5 Å². The van der Waals surface area contributed by atoms with Gasteiger partial charge in [-0.2, -0.15) is 5.90 Å². The molecule has 8 N–H and O–H groups in total. The van der Waals surface area contributed by atoms with Crippen LogP contribution in [0, 0.1) is 5.41 Å². The summed E-state index contributed by atoms with van der Waals surface area (Å²) in [6.07, 6.45) is 0.178. The van der Waals surface area contributed by atoms with E-state index in [1.165, 1.54) is 38.1 Å². The lowest BCUT2D eigenvalue weighted by Crippen LogP contribution is -2.42. The summed E-state index contributed by atoms with van der Waals surface area (Å²) in [5, 5.41) is 22.3. The first-order valence-corrected chi connectivity index (χ1v) is 13.6. The lowest BCUT2D eigenvalue weighted by atomic mass is 10.0. The van der Waals surface area contributed by atoms with Gasteiger partial charge in [-0.15, -0.1) is 0 Å². The molecule has 3 aromatic carbocycles. The summed E-state index contributed by atoms with van der Waals surface area (Å²) in [7, 11) is 0.